The van der Waals surface area contributed by atoms with E-state index in [0.717, 1.165) is 5.39 Å². The van der Waals surface area contributed by atoms with Gasteiger partial charge in [0.15, 0.2) is 0 Å². The molecule has 0 bridgehead atoms. The lowest BCUT2D eigenvalue weighted by Crippen LogP contribution is -2.22. The largest absolute Gasteiger partial charge is 0.277 e. The second-order valence-corrected chi connectivity index (χ2v) is 2.91. The summed E-state index contributed by atoms with van der Waals surface area (Å²) in [5.41, 5.74) is 3.38. The Bertz CT molecular complexity index is 493. The molecule has 15 heavy (non-hydrogen) atoms. The number of rotatable bonds is 2. The maximum Gasteiger partial charge on any atom is 0.277 e. The van der Waals surface area contributed by atoms with Crippen LogP contribution in [-0.4, -0.2) is 23.2 Å². The Hall–Kier alpha value is -2.01. The van der Waals surface area contributed by atoms with Crippen LogP contribution in [0, 0.1) is 0 Å². The minimum Gasteiger partial charge on any atom is -0.277 e. The van der Waals surface area contributed by atoms with E-state index in [1.165, 1.54) is 13.3 Å². The van der Waals surface area contributed by atoms with Crippen LogP contribution in [0.15, 0.2) is 30.5 Å². The lowest BCUT2D eigenvalue weighted by atomic mass is 10.1. The fraction of sp³-hybridized carbons (Fsp3) is 0.100. The van der Waals surface area contributed by atoms with E-state index < -0.39 is 0 Å². The van der Waals surface area contributed by atoms with Crippen molar-refractivity contribution in [3.05, 3.63) is 36.0 Å². The van der Waals surface area contributed by atoms with Gasteiger partial charge in [-0.15, -0.1) is 0 Å². The number of nitrogens with one attached hydrogen (secondary N) is 1. The van der Waals surface area contributed by atoms with Gasteiger partial charge in [-0.2, -0.15) is 10.2 Å². The highest BCUT2D eigenvalue weighted by atomic mass is 16.6. The monoisotopic (exact) mass is 203 g/mol. The SMILES string of the molecule is CONC(=O)c1cnnc2ccccc12. The summed E-state index contributed by atoms with van der Waals surface area (Å²) in [7, 11) is 1.38. The van der Waals surface area contributed by atoms with Crippen molar-refractivity contribution in [3.63, 3.8) is 0 Å². The second-order valence-electron chi connectivity index (χ2n) is 2.91. The number of hydrogen-bond acceptors (Lipinski definition) is 4. The van der Waals surface area contributed by atoms with Crippen molar-refractivity contribution in [2.75, 3.05) is 7.11 Å². The molecule has 1 heterocycles. The fourth-order valence-corrected chi connectivity index (χ4v) is 1.34. The first-order valence-electron chi connectivity index (χ1n) is 4.36. The highest BCUT2D eigenvalue weighted by Gasteiger charge is 2.10. The van der Waals surface area contributed by atoms with Gasteiger partial charge in [-0.25, -0.2) is 5.48 Å². The van der Waals surface area contributed by atoms with E-state index in [-0.39, 0.29) is 5.91 Å². The summed E-state index contributed by atoms with van der Waals surface area (Å²) in [5.74, 6) is -0.330. The first-order chi connectivity index (χ1) is 7.33. The third kappa shape index (κ3) is 1.77. The molecule has 76 valence electrons. The van der Waals surface area contributed by atoms with Crippen LogP contribution < -0.4 is 5.48 Å². The molecule has 1 amide bonds. The highest BCUT2D eigenvalue weighted by molar-refractivity contribution is 6.05. The summed E-state index contributed by atoms with van der Waals surface area (Å²) in [5, 5.41) is 8.42. The molecule has 0 saturated carbocycles. The average molecular weight is 203 g/mol. The molecule has 0 aliphatic rings. The summed E-state index contributed by atoms with van der Waals surface area (Å²) in [6.07, 6.45) is 1.41. The zero-order valence-electron chi connectivity index (χ0n) is 8.10. The molecule has 5 nitrogen and oxygen atoms in total. The van der Waals surface area contributed by atoms with E-state index in [2.05, 4.69) is 20.5 Å². The van der Waals surface area contributed by atoms with Gasteiger partial charge in [0.2, 0.25) is 0 Å². The van der Waals surface area contributed by atoms with E-state index in [9.17, 15) is 4.79 Å². The van der Waals surface area contributed by atoms with E-state index in [1.54, 1.807) is 6.07 Å². The number of fused-ring (bicyclic) bond motifs is 1. The second kappa shape index (κ2) is 4.02. The van der Waals surface area contributed by atoms with Crippen LogP contribution in [0.25, 0.3) is 10.9 Å². The Morgan fingerprint density at radius 2 is 2.20 bits per heavy atom. The van der Waals surface area contributed by atoms with Gasteiger partial charge in [0.25, 0.3) is 5.91 Å². The van der Waals surface area contributed by atoms with Gasteiger partial charge in [0, 0.05) is 5.39 Å². The number of carbonyl (C=O) groups is 1. The van der Waals surface area contributed by atoms with Gasteiger partial charge < -0.3 is 0 Å². The molecule has 0 aliphatic heterocycles. The summed E-state index contributed by atoms with van der Waals surface area (Å²) in [6, 6.07) is 7.29. The maximum absolute atomic E-state index is 11.6. The molecule has 0 radical (unpaired) electrons. The number of amides is 1. The standard InChI is InChI=1S/C10H9N3O2/c1-15-13-10(14)8-6-11-12-9-5-3-2-4-7(8)9/h2-6H,1H3,(H,13,14). The molecule has 0 fully saturated rings. The zero-order valence-corrected chi connectivity index (χ0v) is 8.10. The van der Waals surface area contributed by atoms with E-state index >= 15 is 0 Å². The van der Waals surface area contributed by atoms with Crippen LogP contribution in [0.4, 0.5) is 0 Å². The molecule has 2 aromatic rings. The normalized spacial score (nSPS) is 10.2. The average Bonchev–Trinajstić information content (AvgIpc) is 2.28. The quantitative estimate of drug-likeness (QED) is 0.737. The van der Waals surface area contributed by atoms with Crippen LogP contribution in [0.2, 0.25) is 0 Å². The highest BCUT2D eigenvalue weighted by Crippen LogP contribution is 2.14. The summed E-state index contributed by atoms with van der Waals surface area (Å²) >= 11 is 0. The Kier molecular flexibility index (Phi) is 2.55. The summed E-state index contributed by atoms with van der Waals surface area (Å²) in [4.78, 5) is 16.1. The first kappa shape index (κ1) is 9.54. The Morgan fingerprint density at radius 1 is 1.40 bits per heavy atom. The number of aromatic nitrogens is 2. The molecule has 1 aromatic heterocycles. The van der Waals surface area contributed by atoms with Gasteiger partial charge >= 0.3 is 0 Å². The van der Waals surface area contributed by atoms with Gasteiger partial charge in [0.1, 0.15) is 0 Å². The Balaban J connectivity index is 2.56. The van der Waals surface area contributed by atoms with Crippen molar-refractivity contribution >= 4 is 16.8 Å². The molecule has 0 unspecified atom stereocenters. The minimum atomic E-state index is -0.330. The predicted molar refractivity (Wildman–Crippen MR) is 54.0 cm³/mol. The molecule has 0 spiro atoms. The molecule has 0 aliphatic carbocycles. The third-order valence-electron chi connectivity index (χ3n) is 1.99. The predicted octanol–water partition coefficient (Wildman–Crippen LogP) is 0.921. The van der Waals surface area contributed by atoms with E-state index in [0.29, 0.717) is 11.1 Å². The summed E-state index contributed by atoms with van der Waals surface area (Å²) in [6.45, 7) is 0. The van der Waals surface area contributed by atoms with Crippen molar-refractivity contribution in [3.8, 4) is 0 Å². The van der Waals surface area contributed by atoms with Crippen molar-refractivity contribution in [1.29, 1.82) is 0 Å². The van der Waals surface area contributed by atoms with Crippen LogP contribution in [0.5, 0.6) is 0 Å². The Morgan fingerprint density at radius 3 is 3.00 bits per heavy atom. The van der Waals surface area contributed by atoms with Crippen molar-refractivity contribution < 1.29 is 9.63 Å². The van der Waals surface area contributed by atoms with Gasteiger partial charge in [-0.3, -0.25) is 9.63 Å². The van der Waals surface area contributed by atoms with Crippen molar-refractivity contribution in [1.82, 2.24) is 15.7 Å². The molecule has 2 rings (SSSR count). The van der Waals surface area contributed by atoms with Crippen LogP contribution >= 0.6 is 0 Å². The van der Waals surface area contributed by atoms with Crippen LogP contribution in [0.1, 0.15) is 10.4 Å². The molecule has 0 saturated heterocycles. The first-order valence-corrected chi connectivity index (χ1v) is 4.36. The number of nitrogens with zero attached hydrogens (tertiary/aromatic N) is 2. The molecular weight excluding hydrogens is 194 g/mol. The number of carbonyl (C=O) groups excluding carboxylic acids is 1. The number of hydrogen-bond donors (Lipinski definition) is 1. The van der Waals surface area contributed by atoms with Gasteiger partial charge in [0.05, 0.1) is 24.4 Å². The maximum atomic E-state index is 11.6. The minimum absolute atomic E-state index is 0.330. The van der Waals surface area contributed by atoms with E-state index in [4.69, 9.17) is 0 Å². The summed E-state index contributed by atoms with van der Waals surface area (Å²) < 4.78 is 0. The zero-order chi connectivity index (χ0) is 10.7. The van der Waals surface area contributed by atoms with Crippen molar-refractivity contribution in [2.24, 2.45) is 0 Å². The van der Waals surface area contributed by atoms with Gasteiger partial charge in [-0.05, 0) is 6.07 Å². The topological polar surface area (TPSA) is 64.1 Å². The molecule has 1 N–H and O–H groups in total. The van der Waals surface area contributed by atoms with E-state index in [1.807, 2.05) is 18.2 Å². The lowest BCUT2D eigenvalue weighted by Gasteiger charge is -2.03. The lowest BCUT2D eigenvalue weighted by molar-refractivity contribution is 0.0539. The fourth-order valence-electron chi connectivity index (χ4n) is 1.34. The van der Waals surface area contributed by atoms with Crippen LogP contribution in [-0.2, 0) is 4.84 Å². The molecule has 1 aromatic carbocycles. The van der Waals surface area contributed by atoms with Crippen molar-refractivity contribution in [2.45, 2.75) is 0 Å². The molecule has 5 heteroatoms. The molecule has 0 atom stereocenters. The number of benzene rings is 1. The smallest absolute Gasteiger partial charge is 0.277 e. The Labute approximate surface area is 86.0 Å². The molecular formula is C10H9N3O2. The van der Waals surface area contributed by atoms with Gasteiger partial charge in [-0.1, -0.05) is 18.2 Å². The van der Waals surface area contributed by atoms with Crippen LogP contribution in [0.3, 0.4) is 0 Å². The third-order valence-corrected chi connectivity index (χ3v) is 1.99. The number of hydroxylamine groups is 1.